The summed E-state index contributed by atoms with van der Waals surface area (Å²) in [4.78, 5) is 7.02. The van der Waals surface area contributed by atoms with Crippen molar-refractivity contribution in [2.24, 2.45) is 0 Å². The summed E-state index contributed by atoms with van der Waals surface area (Å²) in [5.41, 5.74) is 5.63. The quantitative estimate of drug-likeness (QED) is 0.754. The van der Waals surface area contributed by atoms with Crippen molar-refractivity contribution in [2.45, 2.75) is 12.3 Å². The van der Waals surface area contributed by atoms with Crippen LogP contribution < -0.4 is 11.1 Å². The number of anilines is 2. The zero-order valence-electron chi connectivity index (χ0n) is 10.8. The molecule has 1 aromatic carbocycles. The zero-order valence-corrected chi connectivity index (χ0v) is 10.8. The molecule has 1 heterocycles. The zero-order chi connectivity index (χ0) is 15.5. The van der Waals surface area contributed by atoms with Gasteiger partial charge in [0.25, 0.3) is 0 Å². The molecule has 4 N–H and O–H groups in total. The minimum atomic E-state index is -4.53. The fourth-order valence-corrected chi connectivity index (χ4v) is 1.63. The topological polar surface area (TPSA) is 84.1 Å². The van der Waals surface area contributed by atoms with Crippen molar-refractivity contribution in [3.05, 3.63) is 47.8 Å². The molecule has 0 saturated carbocycles. The Labute approximate surface area is 118 Å². The fourth-order valence-electron chi connectivity index (χ4n) is 1.63. The molecule has 1 aromatic heterocycles. The van der Waals surface area contributed by atoms with Crippen molar-refractivity contribution in [3.63, 3.8) is 0 Å². The molecule has 0 fully saturated rings. The molecular formula is C13H13F3N4O. The lowest BCUT2D eigenvalue weighted by molar-refractivity contribution is -0.141. The second-order valence-corrected chi connectivity index (χ2v) is 4.33. The van der Waals surface area contributed by atoms with Gasteiger partial charge in [0.05, 0.1) is 6.10 Å². The average molecular weight is 298 g/mol. The molecule has 5 nitrogen and oxygen atoms in total. The SMILES string of the molecule is Nc1ccc(C(O)CNc2nccc(C(F)(F)F)n2)cc1. The molecule has 0 amide bonds. The predicted molar refractivity (Wildman–Crippen MR) is 71.3 cm³/mol. The highest BCUT2D eigenvalue weighted by Gasteiger charge is 2.32. The van der Waals surface area contributed by atoms with Crippen molar-refractivity contribution in [1.82, 2.24) is 9.97 Å². The molecule has 21 heavy (non-hydrogen) atoms. The van der Waals surface area contributed by atoms with E-state index in [9.17, 15) is 18.3 Å². The number of nitrogens with zero attached hydrogens (tertiary/aromatic N) is 2. The third-order valence-electron chi connectivity index (χ3n) is 2.72. The van der Waals surface area contributed by atoms with Crippen molar-refractivity contribution in [2.75, 3.05) is 17.6 Å². The first-order chi connectivity index (χ1) is 9.86. The minimum Gasteiger partial charge on any atom is -0.399 e. The first-order valence-corrected chi connectivity index (χ1v) is 6.04. The van der Waals surface area contributed by atoms with E-state index in [2.05, 4.69) is 15.3 Å². The Kier molecular flexibility index (Phi) is 4.27. The maximum absolute atomic E-state index is 12.5. The monoisotopic (exact) mass is 298 g/mol. The summed E-state index contributed by atoms with van der Waals surface area (Å²) in [6.07, 6.45) is -4.44. The summed E-state index contributed by atoms with van der Waals surface area (Å²) in [5, 5.41) is 12.5. The van der Waals surface area contributed by atoms with E-state index in [1.807, 2.05) is 0 Å². The summed E-state index contributed by atoms with van der Waals surface area (Å²) < 4.78 is 37.5. The third-order valence-corrected chi connectivity index (χ3v) is 2.72. The lowest BCUT2D eigenvalue weighted by atomic mass is 10.1. The number of alkyl halides is 3. The molecule has 1 unspecified atom stereocenters. The molecule has 0 saturated heterocycles. The number of hydrogen-bond acceptors (Lipinski definition) is 5. The highest BCUT2D eigenvalue weighted by Crippen LogP contribution is 2.27. The van der Waals surface area contributed by atoms with Crippen LogP contribution in [0.25, 0.3) is 0 Å². The summed E-state index contributed by atoms with van der Waals surface area (Å²) in [6.45, 7) is -0.0226. The van der Waals surface area contributed by atoms with Gasteiger partial charge in [-0.3, -0.25) is 0 Å². The Morgan fingerprint density at radius 1 is 1.19 bits per heavy atom. The van der Waals surface area contributed by atoms with Crippen molar-refractivity contribution in [1.29, 1.82) is 0 Å². The summed E-state index contributed by atoms with van der Waals surface area (Å²) >= 11 is 0. The van der Waals surface area contributed by atoms with E-state index in [0.29, 0.717) is 11.3 Å². The maximum Gasteiger partial charge on any atom is 0.433 e. The largest absolute Gasteiger partial charge is 0.433 e. The van der Waals surface area contributed by atoms with Crippen molar-refractivity contribution in [3.8, 4) is 0 Å². The Morgan fingerprint density at radius 3 is 2.48 bits per heavy atom. The Bertz CT molecular complexity index is 601. The van der Waals surface area contributed by atoms with Gasteiger partial charge in [-0.05, 0) is 23.8 Å². The first-order valence-electron chi connectivity index (χ1n) is 6.04. The number of aliphatic hydroxyl groups is 1. The van der Waals surface area contributed by atoms with E-state index in [1.54, 1.807) is 24.3 Å². The first kappa shape index (κ1) is 15.0. The number of halogens is 3. The van der Waals surface area contributed by atoms with Crippen LogP contribution in [0.5, 0.6) is 0 Å². The third kappa shape index (κ3) is 4.06. The van der Waals surface area contributed by atoms with E-state index >= 15 is 0 Å². The second kappa shape index (κ2) is 5.96. The molecule has 2 rings (SSSR count). The number of rotatable bonds is 4. The molecule has 0 spiro atoms. The van der Waals surface area contributed by atoms with Gasteiger partial charge in [0.15, 0.2) is 0 Å². The lowest BCUT2D eigenvalue weighted by Gasteiger charge is -2.13. The number of nitrogens with one attached hydrogen (secondary N) is 1. The van der Waals surface area contributed by atoms with Crippen LogP contribution in [-0.2, 0) is 6.18 Å². The normalized spacial score (nSPS) is 13.0. The Hall–Kier alpha value is -2.35. The van der Waals surface area contributed by atoms with Crippen LogP contribution in [0.1, 0.15) is 17.4 Å². The van der Waals surface area contributed by atoms with Crippen LogP contribution in [-0.4, -0.2) is 21.6 Å². The van der Waals surface area contributed by atoms with Gasteiger partial charge >= 0.3 is 6.18 Å². The molecule has 8 heteroatoms. The summed E-state index contributed by atoms with van der Waals surface area (Å²) in [7, 11) is 0. The number of aliphatic hydroxyl groups excluding tert-OH is 1. The van der Waals surface area contributed by atoms with Crippen LogP contribution in [0.4, 0.5) is 24.8 Å². The van der Waals surface area contributed by atoms with Crippen LogP contribution in [0.3, 0.4) is 0 Å². The second-order valence-electron chi connectivity index (χ2n) is 4.33. The molecule has 1 atom stereocenters. The molecule has 0 aliphatic heterocycles. The number of aromatic nitrogens is 2. The van der Waals surface area contributed by atoms with Gasteiger partial charge in [-0.25, -0.2) is 9.97 Å². The van der Waals surface area contributed by atoms with E-state index in [1.165, 1.54) is 0 Å². The van der Waals surface area contributed by atoms with Crippen molar-refractivity contribution < 1.29 is 18.3 Å². The van der Waals surface area contributed by atoms with Crippen LogP contribution in [0, 0.1) is 0 Å². The summed E-state index contributed by atoms with van der Waals surface area (Å²) in [6, 6.07) is 7.30. The van der Waals surface area contributed by atoms with Gasteiger partial charge in [-0.2, -0.15) is 13.2 Å². The number of nitrogens with two attached hydrogens (primary N) is 1. The molecule has 2 aromatic rings. The van der Waals surface area contributed by atoms with Crippen LogP contribution in [0.2, 0.25) is 0 Å². The van der Waals surface area contributed by atoms with Gasteiger partial charge in [0.1, 0.15) is 5.69 Å². The van der Waals surface area contributed by atoms with Gasteiger partial charge in [0, 0.05) is 18.4 Å². The van der Waals surface area contributed by atoms with Gasteiger partial charge in [0.2, 0.25) is 5.95 Å². The fraction of sp³-hybridized carbons (Fsp3) is 0.231. The molecular weight excluding hydrogens is 285 g/mol. The number of hydrogen-bond donors (Lipinski definition) is 3. The molecule has 0 bridgehead atoms. The van der Waals surface area contributed by atoms with Gasteiger partial charge in [-0.1, -0.05) is 12.1 Å². The van der Waals surface area contributed by atoms with Crippen LogP contribution >= 0.6 is 0 Å². The van der Waals surface area contributed by atoms with E-state index in [4.69, 9.17) is 5.73 Å². The van der Waals surface area contributed by atoms with E-state index < -0.39 is 18.0 Å². The highest BCUT2D eigenvalue weighted by molar-refractivity contribution is 5.40. The average Bonchev–Trinajstić information content (AvgIpc) is 2.45. The van der Waals surface area contributed by atoms with E-state index in [0.717, 1.165) is 12.3 Å². The van der Waals surface area contributed by atoms with Gasteiger partial charge in [-0.15, -0.1) is 0 Å². The number of benzene rings is 1. The summed E-state index contributed by atoms with van der Waals surface area (Å²) in [5.74, 6) is -0.195. The van der Waals surface area contributed by atoms with Crippen molar-refractivity contribution >= 4 is 11.6 Å². The smallest absolute Gasteiger partial charge is 0.399 e. The highest BCUT2D eigenvalue weighted by atomic mass is 19.4. The molecule has 112 valence electrons. The Balaban J connectivity index is 2.01. The van der Waals surface area contributed by atoms with Gasteiger partial charge < -0.3 is 16.2 Å². The number of nitrogen functional groups attached to an aromatic ring is 1. The van der Waals surface area contributed by atoms with Crippen LogP contribution in [0.15, 0.2) is 36.5 Å². The standard InChI is InChI=1S/C13H13F3N4O/c14-13(15,16)11-5-6-18-12(20-11)19-7-10(21)8-1-3-9(17)4-2-8/h1-6,10,21H,7,17H2,(H,18,19,20). The predicted octanol–water partition coefficient (Wildman–Crippen LogP) is 2.22. The minimum absolute atomic E-state index is 0.0226. The molecule has 0 aliphatic rings. The molecule has 0 radical (unpaired) electrons. The maximum atomic E-state index is 12.5. The Morgan fingerprint density at radius 2 is 1.86 bits per heavy atom. The molecule has 0 aliphatic carbocycles. The lowest BCUT2D eigenvalue weighted by Crippen LogP contribution is -2.16. The van der Waals surface area contributed by atoms with E-state index in [-0.39, 0.29) is 12.5 Å².